The Labute approximate surface area is 122 Å². The summed E-state index contributed by atoms with van der Waals surface area (Å²) in [6.07, 6.45) is 0. The summed E-state index contributed by atoms with van der Waals surface area (Å²) in [4.78, 5) is 0. The monoisotopic (exact) mass is 330 g/mol. The molecular formula is C16H8BrClO. The lowest BCUT2D eigenvalue weighted by molar-refractivity contribution is 0.670. The maximum Gasteiger partial charge on any atom is 0.149 e. The minimum absolute atomic E-state index is 0.704. The fraction of sp³-hybridized carbons (Fsp3) is 0. The van der Waals surface area contributed by atoms with Gasteiger partial charge in [0.25, 0.3) is 0 Å². The molecule has 1 nitrogen and oxygen atoms in total. The summed E-state index contributed by atoms with van der Waals surface area (Å²) in [5.74, 6) is 0. The van der Waals surface area contributed by atoms with Gasteiger partial charge in [0.1, 0.15) is 11.2 Å². The SMILES string of the molecule is Clc1cc(Br)c2oc3c4ccccc4ccc3c2c1. The van der Waals surface area contributed by atoms with E-state index in [-0.39, 0.29) is 0 Å². The van der Waals surface area contributed by atoms with Crippen LogP contribution in [0, 0.1) is 0 Å². The van der Waals surface area contributed by atoms with Gasteiger partial charge in [-0.2, -0.15) is 0 Å². The van der Waals surface area contributed by atoms with E-state index in [4.69, 9.17) is 16.0 Å². The lowest BCUT2D eigenvalue weighted by atomic mass is 10.1. The van der Waals surface area contributed by atoms with Crippen molar-refractivity contribution in [1.29, 1.82) is 0 Å². The molecule has 4 aromatic rings. The van der Waals surface area contributed by atoms with Gasteiger partial charge < -0.3 is 4.42 Å². The molecule has 1 heterocycles. The van der Waals surface area contributed by atoms with Gasteiger partial charge in [0.2, 0.25) is 0 Å². The van der Waals surface area contributed by atoms with E-state index in [2.05, 4.69) is 40.2 Å². The minimum atomic E-state index is 0.704. The lowest BCUT2D eigenvalue weighted by Gasteiger charge is -1.97. The first-order chi connectivity index (χ1) is 9.24. The molecule has 0 spiro atoms. The summed E-state index contributed by atoms with van der Waals surface area (Å²) in [5.41, 5.74) is 1.76. The van der Waals surface area contributed by atoms with Gasteiger partial charge in [0, 0.05) is 21.2 Å². The number of hydrogen-bond acceptors (Lipinski definition) is 1. The highest BCUT2D eigenvalue weighted by atomic mass is 79.9. The van der Waals surface area contributed by atoms with Crippen LogP contribution in [-0.4, -0.2) is 0 Å². The van der Waals surface area contributed by atoms with Gasteiger partial charge in [0.15, 0.2) is 0 Å². The van der Waals surface area contributed by atoms with Crippen molar-refractivity contribution in [2.24, 2.45) is 0 Å². The van der Waals surface area contributed by atoms with E-state index in [1.807, 2.05) is 24.3 Å². The molecule has 0 bridgehead atoms. The molecular weight excluding hydrogens is 324 g/mol. The second-order valence-electron chi connectivity index (χ2n) is 4.53. The first-order valence-electron chi connectivity index (χ1n) is 5.93. The summed E-state index contributed by atoms with van der Waals surface area (Å²) in [6, 6.07) is 16.2. The Bertz CT molecular complexity index is 940. The molecule has 0 saturated carbocycles. The molecule has 0 saturated heterocycles. The molecule has 0 atom stereocenters. The summed E-state index contributed by atoms with van der Waals surface area (Å²) in [6.45, 7) is 0. The molecule has 0 aliphatic rings. The summed E-state index contributed by atoms with van der Waals surface area (Å²) in [7, 11) is 0. The molecule has 0 fully saturated rings. The van der Waals surface area contributed by atoms with Crippen molar-refractivity contribution in [1.82, 2.24) is 0 Å². The van der Waals surface area contributed by atoms with Crippen molar-refractivity contribution in [2.45, 2.75) is 0 Å². The number of benzene rings is 3. The van der Waals surface area contributed by atoms with E-state index in [9.17, 15) is 0 Å². The maximum absolute atomic E-state index is 6.13. The second kappa shape index (κ2) is 3.99. The van der Waals surface area contributed by atoms with E-state index in [1.165, 1.54) is 5.39 Å². The van der Waals surface area contributed by atoms with Crippen LogP contribution in [-0.2, 0) is 0 Å². The van der Waals surface area contributed by atoms with Gasteiger partial charge in [-0.15, -0.1) is 0 Å². The van der Waals surface area contributed by atoms with Crippen molar-refractivity contribution in [3.05, 3.63) is 58.0 Å². The van der Waals surface area contributed by atoms with Crippen molar-refractivity contribution in [3.8, 4) is 0 Å². The van der Waals surface area contributed by atoms with Crippen LogP contribution < -0.4 is 0 Å². The van der Waals surface area contributed by atoms with Crippen LogP contribution in [0.2, 0.25) is 5.02 Å². The molecule has 3 aromatic carbocycles. The summed E-state index contributed by atoms with van der Waals surface area (Å²) in [5, 5.41) is 5.14. The summed E-state index contributed by atoms with van der Waals surface area (Å²) >= 11 is 9.64. The molecule has 0 radical (unpaired) electrons. The Balaban J connectivity index is 2.31. The Morgan fingerprint density at radius 2 is 1.68 bits per heavy atom. The zero-order valence-corrected chi connectivity index (χ0v) is 12.1. The van der Waals surface area contributed by atoms with Gasteiger partial charge in [-0.05, 0) is 39.5 Å². The highest BCUT2D eigenvalue weighted by Gasteiger charge is 2.12. The fourth-order valence-electron chi connectivity index (χ4n) is 2.53. The number of fused-ring (bicyclic) bond motifs is 5. The van der Waals surface area contributed by atoms with E-state index >= 15 is 0 Å². The first kappa shape index (κ1) is 11.3. The number of rotatable bonds is 0. The lowest BCUT2D eigenvalue weighted by Crippen LogP contribution is -1.72. The van der Waals surface area contributed by atoms with Crippen LogP contribution in [0.15, 0.2) is 57.4 Å². The van der Waals surface area contributed by atoms with Crippen molar-refractivity contribution in [3.63, 3.8) is 0 Å². The normalized spacial score (nSPS) is 11.7. The largest absolute Gasteiger partial charge is 0.454 e. The molecule has 0 amide bonds. The molecule has 4 rings (SSSR count). The Morgan fingerprint density at radius 1 is 0.842 bits per heavy atom. The quantitative estimate of drug-likeness (QED) is 0.376. The predicted octanol–water partition coefficient (Wildman–Crippen LogP) is 6.16. The Kier molecular flexibility index (Phi) is 2.38. The zero-order valence-electron chi connectivity index (χ0n) is 9.78. The van der Waals surface area contributed by atoms with Gasteiger partial charge in [-0.1, -0.05) is 41.9 Å². The predicted molar refractivity (Wildman–Crippen MR) is 83.9 cm³/mol. The molecule has 19 heavy (non-hydrogen) atoms. The second-order valence-corrected chi connectivity index (χ2v) is 5.82. The van der Waals surface area contributed by atoms with Crippen LogP contribution in [0.25, 0.3) is 32.7 Å². The third-order valence-corrected chi connectivity index (χ3v) is 4.19. The first-order valence-corrected chi connectivity index (χ1v) is 7.10. The Morgan fingerprint density at radius 3 is 2.58 bits per heavy atom. The van der Waals surface area contributed by atoms with Crippen molar-refractivity contribution < 1.29 is 4.42 Å². The topological polar surface area (TPSA) is 13.1 Å². The average Bonchev–Trinajstić information content (AvgIpc) is 2.78. The highest BCUT2D eigenvalue weighted by Crippen LogP contribution is 2.38. The fourth-order valence-corrected chi connectivity index (χ4v) is 3.42. The Hall–Kier alpha value is -1.51. The van der Waals surface area contributed by atoms with Crippen LogP contribution in [0.4, 0.5) is 0 Å². The molecule has 0 aliphatic heterocycles. The summed E-state index contributed by atoms with van der Waals surface area (Å²) < 4.78 is 6.93. The van der Waals surface area contributed by atoms with Gasteiger partial charge >= 0.3 is 0 Å². The van der Waals surface area contributed by atoms with E-state index < -0.39 is 0 Å². The number of halogens is 2. The van der Waals surface area contributed by atoms with Crippen LogP contribution >= 0.6 is 27.5 Å². The van der Waals surface area contributed by atoms with Crippen LogP contribution in [0.3, 0.4) is 0 Å². The molecule has 0 N–H and O–H groups in total. The van der Waals surface area contributed by atoms with E-state index in [1.54, 1.807) is 0 Å². The smallest absolute Gasteiger partial charge is 0.149 e. The van der Waals surface area contributed by atoms with E-state index in [0.29, 0.717) is 5.02 Å². The maximum atomic E-state index is 6.13. The number of hydrogen-bond donors (Lipinski definition) is 0. The van der Waals surface area contributed by atoms with Crippen LogP contribution in [0.1, 0.15) is 0 Å². The molecule has 0 unspecified atom stereocenters. The average molecular weight is 332 g/mol. The van der Waals surface area contributed by atoms with Crippen molar-refractivity contribution >= 4 is 60.2 Å². The molecule has 0 aliphatic carbocycles. The molecule has 1 aromatic heterocycles. The highest BCUT2D eigenvalue weighted by molar-refractivity contribution is 9.10. The number of furan rings is 1. The molecule has 92 valence electrons. The van der Waals surface area contributed by atoms with Crippen molar-refractivity contribution in [2.75, 3.05) is 0 Å². The standard InChI is InChI=1S/C16H8BrClO/c17-14-8-10(18)7-13-12-6-5-9-3-1-2-4-11(9)15(12)19-16(13)14/h1-8H. The van der Waals surface area contributed by atoms with Crippen LogP contribution in [0.5, 0.6) is 0 Å². The third kappa shape index (κ3) is 1.60. The third-order valence-electron chi connectivity index (χ3n) is 3.38. The van der Waals surface area contributed by atoms with E-state index in [0.717, 1.165) is 31.8 Å². The minimum Gasteiger partial charge on any atom is -0.454 e. The zero-order chi connectivity index (χ0) is 13.0. The van der Waals surface area contributed by atoms with Gasteiger partial charge in [0.05, 0.1) is 4.47 Å². The van der Waals surface area contributed by atoms with Gasteiger partial charge in [-0.3, -0.25) is 0 Å². The molecule has 3 heteroatoms. The van der Waals surface area contributed by atoms with Gasteiger partial charge in [-0.25, -0.2) is 0 Å².